The van der Waals surface area contributed by atoms with Crippen molar-refractivity contribution in [1.29, 1.82) is 0 Å². The van der Waals surface area contributed by atoms with Gasteiger partial charge in [-0.05, 0) is 23.8 Å². The number of halogens is 1. The minimum atomic E-state index is -3.70. The number of nitrogens with one attached hydrogen (secondary N) is 1. The highest BCUT2D eigenvalue weighted by Gasteiger charge is 2.14. The third-order valence-electron chi connectivity index (χ3n) is 2.72. The number of anilines is 1. The van der Waals surface area contributed by atoms with E-state index in [-0.39, 0.29) is 16.4 Å². The van der Waals surface area contributed by atoms with E-state index in [1.54, 1.807) is 30.3 Å². The van der Waals surface area contributed by atoms with Gasteiger partial charge in [0, 0.05) is 5.56 Å². The average molecular weight is 324 g/mol. The maximum Gasteiger partial charge on any atom is 0.237 e. The molecule has 0 aliphatic rings. The fraction of sp³-hybridized carbons (Fsp3) is 0.0714. The number of rotatable bonds is 5. The Balaban J connectivity index is 2.19. The van der Waals surface area contributed by atoms with Gasteiger partial charge in [0.2, 0.25) is 10.0 Å². The van der Waals surface area contributed by atoms with Crippen molar-refractivity contribution in [1.82, 2.24) is 0 Å². The fourth-order valence-electron chi connectivity index (χ4n) is 1.75. The molecule has 4 nitrogen and oxygen atoms in total. The van der Waals surface area contributed by atoms with Gasteiger partial charge in [-0.1, -0.05) is 42.5 Å². The lowest BCUT2D eigenvalue weighted by Crippen LogP contribution is -2.16. The predicted octanol–water partition coefficient (Wildman–Crippen LogP) is 2.40. The number of sulfonamides is 1. The van der Waals surface area contributed by atoms with Crippen LogP contribution in [0.4, 0.5) is 10.1 Å². The summed E-state index contributed by atoms with van der Waals surface area (Å²) >= 11 is 4.73. The molecule has 0 saturated heterocycles. The summed E-state index contributed by atoms with van der Waals surface area (Å²) in [4.78, 5) is 0.0487. The summed E-state index contributed by atoms with van der Waals surface area (Å²) in [5, 5.41) is 0. The molecule has 0 fully saturated rings. The van der Waals surface area contributed by atoms with Gasteiger partial charge in [-0.3, -0.25) is 4.72 Å². The number of nitrogens with two attached hydrogens (primary N) is 1. The van der Waals surface area contributed by atoms with Gasteiger partial charge >= 0.3 is 0 Å². The van der Waals surface area contributed by atoms with E-state index in [1.807, 2.05) is 0 Å². The second-order valence-electron chi connectivity index (χ2n) is 4.41. The van der Waals surface area contributed by atoms with Crippen molar-refractivity contribution in [2.24, 2.45) is 5.73 Å². The summed E-state index contributed by atoms with van der Waals surface area (Å²) in [6.07, 6.45) is 0. The first-order chi connectivity index (χ1) is 9.87. The van der Waals surface area contributed by atoms with Crippen molar-refractivity contribution in [2.75, 3.05) is 4.72 Å². The lowest BCUT2D eigenvalue weighted by Gasteiger charge is -2.10. The molecule has 2 aromatic rings. The van der Waals surface area contributed by atoms with Crippen molar-refractivity contribution in [3.63, 3.8) is 0 Å². The first-order valence-corrected chi connectivity index (χ1v) is 8.07. The molecule has 0 aliphatic carbocycles. The number of benzene rings is 2. The monoisotopic (exact) mass is 324 g/mol. The van der Waals surface area contributed by atoms with Gasteiger partial charge in [0.05, 0.1) is 11.4 Å². The van der Waals surface area contributed by atoms with Gasteiger partial charge in [0.15, 0.2) is 0 Å². The molecule has 2 aromatic carbocycles. The third-order valence-corrected chi connectivity index (χ3v) is 4.20. The van der Waals surface area contributed by atoms with Crippen molar-refractivity contribution in [3.05, 3.63) is 65.5 Å². The Labute approximate surface area is 127 Å². The molecule has 2 rings (SSSR count). The highest BCUT2D eigenvalue weighted by Crippen LogP contribution is 2.18. The largest absolute Gasteiger partial charge is 0.389 e. The van der Waals surface area contributed by atoms with Crippen LogP contribution in [0.15, 0.2) is 48.5 Å². The smallest absolute Gasteiger partial charge is 0.237 e. The van der Waals surface area contributed by atoms with Crippen LogP contribution in [0.1, 0.15) is 11.1 Å². The molecule has 0 heterocycles. The summed E-state index contributed by atoms with van der Waals surface area (Å²) in [6.45, 7) is 0. The molecular weight excluding hydrogens is 311 g/mol. The first-order valence-electron chi connectivity index (χ1n) is 6.01. The highest BCUT2D eigenvalue weighted by atomic mass is 32.2. The summed E-state index contributed by atoms with van der Waals surface area (Å²) in [5.41, 5.74) is 6.21. The van der Waals surface area contributed by atoms with Gasteiger partial charge in [0.1, 0.15) is 10.8 Å². The number of hydrogen-bond acceptors (Lipinski definition) is 3. The quantitative estimate of drug-likeness (QED) is 0.829. The predicted molar refractivity (Wildman–Crippen MR) is 85.0 cm³/mol. The van der Waals surface area contributed by atoms with Crippen molar-refractivity contribution in [2.45, 2.75) is 5.75 Å². The van der Waals surface area contributed by atoms with Gasteiger partial charge in [-0.15, -0.1) is 0 Å². The van der Waals surface area contributed by atoms with E-state index in [9.17, 15) is 12.8 Å². The van der Waals surface area contributed by atoms with Crippen LogP contribution in [-0.4, -0.2) is 13.4 Å². The molecule has 21 heavy (non-hydrogen) atoms. The molecule has 7 heteroatoms. The summed E-state index contributed by atoms with van der Waals surface area (Å²) in [6, 6.07) is 12.5. The van der Waals surface area contributed by atoms with Gasteiger partial charge in [0.25, 0.3) is 0 Å². The third kappa shape index (κ3) is 4.24. The first kappa shape index (κ1) is 15.4. The molecule has 0 aromatic heterocycles. The van der Waals surface area contributed by atoms with Crippen LogP contribution in [0, 0.1) is 5.82 Å². The van der Waals surface area contributed by atoms with Crippen molar-refractivity contribution >= 4 is 32.9 Å². The molecule has 0 aliphatic heterocycles. The molecule has 3 N–H and O–H groups in total. The van der Waals surface area contributed by atoms with E-state index in [1.165, 1.54) is 12.1 Å². The number of hydrogen-bond donors (Lipinski definition) is 2. The molecular formula is C14H13FN2O2S2. The van der Waals surface area contributed by atoms with E-state index in [0.717, 1.165) is 6.07 Å². The average Bonchev–Trinajstić information content (AvgIpc) is 2.41. The van der Waals surface area contributed by atoms with Crippen LogP contribution < -0.4 is 10.5 Å². The Hall–Kier alpha value is -1.99. The van der Waals surface area contributed by atoms with Crippen LogP contribution in [0.5, 0.6) is 0 Å². The molecule has 0 saturated carbocycles. The molecule has 0 bridgehead atoms. The van der Waals surface area contributed by atoms with Crippen LogP contribution in [0.25, 0.3) is 0 Å². The molecule has 0 atom stereocenters. The van der Waals surface area contributed by atoms with Crippen LogP contribution in [0.3, 0.4) is 0 Å². The Bertz CT molecular complexity index is 762. The summed E-state index contributed by atoms with van der Waals surface area (Å²) in [7, 11) is -3.70. The zero-order valence-electron chi connectivity index (χ0n) is 10.9. The standard InChI is InChI=1S/C14H13FN2O2S2/c15-12-8-11(14(16)20)6-7-13(12)17-21(18,19)9-10-4-2-1-3-5-10/h1-8,17H,9H2,(H2,16,20). The SMILES string of the molecule is NC(=S)c1ccc(NS(=O)(=O)Cc2ccccc2)c(F)c1. The normalized spacial score (nSPS) is 11.1. The Kier molecular flexibility index (Phi) is 4.54. The van der Waals surface area contributed by atoms with E-state index in [0.29, 0.717) is 11.1 Å². The van der Waals surface area contributed by atoms with Crippen molar-refractivity contribution in [3.8, 4) is 0 Å². The Morgan fingerprint density at radius 1 is 1.19 bits per heavy atom. The maximum absolute atomic E-state index is 13.8. The lowest BCUT2D eigenvalue weighted by atomic mass is 10.2. The second-order valence-corrected chi connectivity index (χ2v) is 6.57. The fourth-order valence-corrected chi connectivity index (χ4v) is 3.08. The van der Waals surface area contributed by atoms with Crippen molar-refractivity contribution < 1.29 is 12.8 Å². The summed E-state index contributed by atoms with van der Waals surface area (Å²) < 4.78 is 40.1. The van der Waals surface area contributed by atoms with Gasteiger partial charge in [-0.2, -0.15) is 0 Å². The van der Waals surface area contributed by atoms with Crippen LogP contribution >= 0.6 is 12.2 Å². The van der Waals surface area contributed by atoms with E-state index >= 15 is 0 Å². The summed E-state index contributed by atoms with van der Waals surface area (Å²) in [5.74, 6) is -0.957. The van der Waals surface area contributed by atoms with Gasteiger partial charge < -0.3 is 5.73 Å². The van der Waals surface area contributed by atoms with Crippen LogP contribution in [0.2, 0.25) is 0 Å². The zero-order valence-corrected chi connectivity index (χ0v) is 12.5. The molecule has 0 amide bonds. The van der Waals surface area contributed by atoms with E-state index < -0.39 is 15.8 Å². The second kappa shape index (κ2) is 6.19. The molecule has 0 spiro atoms. The number of thiocarbonyl (C=S) groups is 1. The van der Waals surface area contributed by atoms with E-state index in [4.69, 9.17) is 18.0 Å². The van der Waals surface area contributed by atoms with E-state index in [2.05, 4.69) is 4.72 Å². The molecule has 0 unspecified atom stereocenters. The topological polar surface area (TPSA) is 72.2 Å². The maximum atomic E-state index is 13.8. The lowest BCUT2D eigenvalue weighted by molar-refractivity contribution is 0.598. The zero-order chi connectivity index (χ0) is 15.5. The Morgan fingerprint density at radius 3 is 2.43 bits per heavy atom. The van der Waals surface area contributed by atoms with Crippen LogP contribution in [-0.2, 0) is 15.8 Å². The minimum Gasteiger partial charge on any atom is -0.389 e. The minimum absolute atomic E-state index is 0.0487. The molecule has 110 valence electrons. The highest BCUT2D eigenvalue weighted by molar-refractivity contribution is 7.91. The Morgan fingerprint density at radius 2 is 1.86 bits per heavy atom. The molecule has 0 radical (unpaired) electrons. The van der Waals surface area contributed by atoms with Gasteiger partial charge in [-0.25, -0.2) is 12.8 Å².